The highest BCUT2D eigenvalue weighted by Gasteiger charge is 2.30. The van der Waals surface area contributed by atoms with Crippen LogP contribution < -0.4 is 5.73 Å². The Bertz CT molecular complexity index is 242. The van der Waals surface area contributed by atoms with Crippen LogP contribution in [0.1, 0.15) is 6.92 Å². The third-order valence-corrected chi connectivity index (χ3v) is 3.01. The van der Waals surface area contributed by atoms with Crippen LogP contribution in [0.25, 0.3) is 0 Å². The molecule has 0 aliphatic carbocycles. The summed E-state index contributed by atoms with van der Waals surface area (Å²) >= 11 is 0. The van der Waals surface area contributed by atoms with Crippen molar-refractivity contribution in [3.63, 3.8) is 0 Å². The summed E-state index contributed by atoms with van der Waals surface area (Å²) in [6, 6.07) is 0.389. The zero-order valence-corrected chi connectivity index (χ0v) is 10.8. The van der Waals surface area contributed by atoms with E-state index in [9.17, 15) is 0 Å². The fourth-order valence-corrected chi connectivity index (χ4v) is 2.00. The van der Waals surface area contributed by atoms with Crippen molar-refractivity contribution in [2.45, 2.75) is 13.0 Å². The summed E-state index contributed by atoms with van der Waals surface area (Å²) in [6.45, 7) is 5.66. The molecule has 0 radical (unpaired) electrons. The number of nitrogens with zero attached hydrogens (tertiary/aromatic N) is 3. The van der Waals surface area contributed by atoms with Crippen molar-refractivity contribution in [1.82, 2.24) is 9.80 Å². The van der Waals surface area contributed by atoms with Gasteiger partial charge < -0.3 is 20.3 Å². The number of guanidine groups is 1. The van der Waals surface area contributed by atoms with Crippen LogP contribution in [-0.2, 0) is 4.74 Å². The van der Waals surface area contributed by atoms with Crippen LogP contribution in [0.3, 0.4) is 0 Å². The first-order chi connectivity index (χ1) is 7.56. The molecule has 1 aliphatic rings. The van der Waals surface area contributed by atoms with Gasteiger partial charge >= 0.3 is 0 Å². The number of hydrogen-bond acceptors (Lipinski definition) is 5. The molecule has 0 saturated carbocycles. The Morgan fingerprint density at radius 2 is 2.31 bits per heavy atom. The fraction of sp³-hybridized carbons (Fsp3) is 0.909. The Morgan fingerprint density at radius 1 is 1.62 bits per heavy atom. The van der Waals surface area contributed by atoms with Gasteiger partial charge in [0.25, 0.3) is 0 Å². The van der Waals surface area contributed by atoms with Crippen molar-refractivity contribution in [1.29, 1.82) is 0 Å². The predicted octanol–water partition coefficient (Wildman–Crippen LogP) is -0.171. The van der Waals surface area contributed by atoms with Crippen LogP contribution in [0.15, 0.2) is 4.99 Å². The molecule has 0 aromatic rings. The molecule has 1 rings (SSSR count). The number of nitrogens with two attached hydrogens (primary N) is 1. The first-order valence-corrected chi connectivity index (χ1v) is 5.76. The summed E-state index contributed by atoms with van der Waals surface area (Å²) < 4.78 is 5.20. The number of hydrogen-bond donors (Lipinski definition) is 1. The molecule has 5 nitrogen and oxygen atoms in total. The van der Waals surface area contributed by atoms with E-state index in [1.54, 1.807) is 7.11 Å². The molecule has 0 saturated heterocycles. The van der Waals surface area contributed by atoms with Crippen LogP contribution in [0.4, 0.5) is 0 Å². The smallest absolute Gasteiger partial charge is 0.191 e. The maximum atomic E-state index is 5.91. The Hall–Kier alpha value is -0.810. The minimum Gasteiger partial charge on any atom is -0.384 e. The highest BCUT2D eigenvalue weighted by molar-refractivity contribution is 5.80. The van der Waals surface area contributed by atoms with Gasteiger partial charge in [0, 0.05) is 26.1 Å². The number of methoxy groups -OCH3 is 1. The van der Waals surface area contributed by atoms with E-state index in [1.807, 2.05) is 0 Å². The molecule has 2 unspecified atom stereocenters. The monoisotopic (exact) mass is 228 g/mol. The summed E-state index contributed by atoms with van der Waals surface area (Å²) in [5, 5.41) is 0. The molecule has 2 N–H and O–H groups in total. The zero-order chi connectivity index (χ0) is 12.1. The lowest BCUT2D eigenvalue weighted by molar-refractivity contribution is 0.118. The Labute approximate surface area is 98.3 Å². The Balaban J connectivity index is 2.51. The van der Waals surface area contributed by atoms with Gasteiger partial charge in [-0.3, -0.25) is 4.99 Å². The first-order valence-electron chi connectivity index (χ1n) is 5.76. The van der Waals surface area contributed by atoms with Crippen molar-refractivity contribution in [3.05, 3.63) is 0 Å². The van der Waals surface area contributed by atoms with Gasteiger partial charge in [-0.15, -0.1) is 0 Å². The van der Waals surface area contributed by atoms with Crippen molar-refractivity contribution in [3.8, 4) is 0 Å². The van der Waals surface area contributed by atoms with E-state index < -0.39 is 0 Å². The van der Waals surface area contributed by atoms with Gasteiger partial charge in [0.2, 0.25) is 0 Å². The normalized spacial score (nSPS) is 22.7. The minimum atomic E-state index is 0.389. The lowest BCUT2D eigenvalue weighted by Crippen LogP contribution is -2.47. The first kappa shape index (κ1) is 13.3. The van der Waals surface area contributed by atoms with Crippen molar-refractivity contribution in [2.75, 3.05) is 47.4 Å². The third-order valence-electron chi connectivity index (χ3n) is 3.01. The van der Waals surface area contributed by atoms with Crippen molar-refractivity contribution in [2.24, 2.45) is 16.6 Å². The van der Waals surface area contributed by atoms with Gasteiger partial charge in [0.05, 0.1) is 19.2 Å². The summed E-state index contributed by atoms with van der Waals surface area (Å²) in [5.41, 5.74) is 5.91. The lowest BCUT2D eigenvalue weighted by Gasteiger charge is -2.31. The van der Waals surface area contributed by atoms with Crippen LogP contribution in [0.5, 0.6) is 0 Å². The number of rotatable bonds is 6. The fourth-order valence-electron chi connectivity index (χ4n) is 2.00. The zero-order valence-electron chi connectivity index (χ0n) is 10.8. The molecule has 1 heterocycles. The number of likely N-dealkylation sites (N-methyl/N-ethyl adjacent to an activating group) is 1. The van der Waals surface area contributed by atoms with Crippen molar-refractivity contribution < 1.29 is 4.74 Å². The molecule has 16 heavy (non-hydrogen) atoms. The average molecular weight is 228 g/mol. The highest BCUT2D eigenvalue weighted by atomic mass is 16.5. The molecule has 0 spiro atoms. The predicted molar refractivity (Wildman–Crippen MR) is 66.6 cm³/mol. The van der Waals surface area contributed by atoms with E-state index in [-0.39, 0.29) is 0 Å². The maximum absolute atomic E-state index is 5.91. The van der Waals surface area contributed by atoms with E-state index >= 15 is 0 Å². The highest BCUT2D eigenvalue weighted by Crippen LogP contribution is 2.17. The Morgan fingerprint density at radius 3 is 2.88 bits per heavy atom. The van der Waals surface area contributed by atoms with Gasteiger partial charge in [-0.2, -0.15) is 0 Å². The summed E-state index contributed by atoms with van der Waals surface area (Å²) in [5.74, 6) is 1.13. The SMILES string of the molecule is COCC(C)C1CN=C(N)N1CCN(C)C. The Kier molecular flexibility index (Phi) is 5.02. The van der Waals surface area contributed by atoms with E-state index in [2.05, 4.69) is 35.8 Å². The molecule has 2 atom stereocenters. The quantitative estimate of drug-likeness (QED) is 0.686. The van der Waals surface area contributed by atoms with E-state index in [4.69, 9.17) is 10.5 Å². The number of aliphatic imine (C=N–C) groups is 1. The van der Waals surface area contributed by atoms with E-state index in [0.717, 1.165) is 26.2 Å². The van der Waals surface area contributed by atoms with Gasteiger partial charge in [-0.1, -0.05) is 6.92 Å². The van der Waals surface area contributed by atoms with Gasteiger partial charge in [0.1, 0.15) is 0 Å². The molecule has 0 amide bonds. The number of ether oxygens (including phenoxy) is 1. The van der Waals surface area contributed by atoms with E-state index in [0.29, 0.717) is 17.9 Å². The van der Waals surface area contributed by atoms with Crippen LogP contribution in [0.2, 0.25) is 0 Å². The molecule has 0 bridgehead atoms. The molecule has 1 aliphatic heterocycles. The summed E-state index contributed by atoms with van der Waals surface area (Å²) in [4.78, 5) is 8.68. The molecule has 0 aromatic carbocycles. The molecule has 94 valence electrons. The lowest BCUT2D eigenvalue weighted by atomic mass is 10.0. The molecular formula is C11H24N4O. The topological polar surface area (TPSA) is 54.1 Å². The third kappa shape index (κ3) is 3.35. The standard InChI is InChI=1S/C11H24N4O/c1-9(8-16-4)10-7-13-11(12)15(10)6-5-14(2)3/h9-10H,5-8H2,1-4H3,(H2,12,13). The van der Waals surface area contributed by atoms with Crippen molar-refractivity contribution >= 4 is 5.96 Å². The van der Waals surface area contributed by atoms with E-state index in [1.165, 1.54) is 0 Å². The molecule has 0 fully saturated rings. The average Bonchev–Trinajstić information content (AvgIpc) is 2.57. The summed E-state index contributed by atoms with van der Waals surface area (Å²) in [7, 11) is 5.87. The second-order valence-corrected chi connectivity index (χ2v) is 4.70. The second kappa shape index (κ2) is 6.06. The second-order valence-electron chi connectivity index (χ2n) is 4.70. The molecule has 5 heteroatoms. The largest absolute Gasteiger partial charge is 0.384 e. The van der Waals surface area contributed by atoms with Gasteiger partial charge in [-0.25, -0.2) is 0 Å². The molecule has 0 aromatic heterocycles. The van der Waals surface area contributed by atoms with Gasteiger partial charge in [0.15, 0.2) is 5.96 Å². The van der Waals surface area contributed by atoms with Crippen LogP contribution in [0, 0.1) is 5.92 Å². The maximum Gasteiger partial charge on any atom is 0.191 e. The minimum absolute atomic E-state index is 0.389. The van der Waals surface area contributed by atoms with Crippen LogP contribution in [-0.4, -0.2) is 69.2 Å². The van der Waals surface area contributed by atoms with Crippen LogP contribution >= 0.6 is 0 Å². The van der Waals surface area contributed by atoms with Gasteiger partial charge in [-0.05, 0) is 14.1 Å². The molecular weight excluding hydrogens is 204 g/mol. The summed E-state index contributed by atoms with van der Waals surface area (Å²) in [6.07, 6.45) is 0.